The van der Waals surface area contributed by atoms with Crippen molar-refractivity contribution in [2.75, 3.05) is 32.1 Å². The van der Waals surface area contributed by atoms with E-state index in [9.17, 15) is 4.79 Å². The van der Waals surface area contributed by atoms with Crippen LogP contribution in [-0.2, 0) is 11.2 Å². The molecule has 2 rings (SSSR count). The topological polar surface area (TPSA) is 87.6 Å². The summed E-state index contributed by atoms with van der Waals surface area (Å²) in [7, 11) is 1.73. The zero-order valence-corrected chi connectivity index (χ0v) is 15.2. The molecule has 1 heterocycles. The Bertz CT molecular complexity index is 719. The number of pyridine rings is 1. The van der Waals surface area contributed by atoms with Crippen LogP contribution in [0.3, 0.4) is 0 Å². The average Bonchev–Trinajstić information content (AvgIpc) is 2.64. The third kappa shape index (κ3) is 7.21. The first-order chi connectivity index (χ1) is 12.7. The van der Waals surface area contributed by atoms with Crippen molar-refractivity contribution in [3.63, 3.8) is 0 Å². The lowest BCUT2D eigenvalue weighted by Crippen LogP contribution is -2.40. The van der Waals surface area contributed by atoms with E-state index < -0.39 is 0 Å². The summed E-state index contributed by atoms with van der Waals surface area (Å²) < 4.78 is 5.69. The number of anilines is 1. The lowest BCUT2D eigenvalue weighted by Gasteiger charge is -2.13. The smallest absolute Gasteiger partial charge is 0.221 e. The molecule has 0 fully saturated rings. The van der Waals surface area contributed by atoms with E-state index in [0.29, 0.717) is 18.9 Å². The number of carbonyl (C=O) groups excluding carboxylic acids is 1. The molecule has 2 aromatic rings. The van der Waals surface area contributed by atoms with Gasteiger partial charge in [-0.2, -0.15) is 0 Å². The molecular formula is C19H25N5O2. The zero-order chi connectivity index (χ0) is 18.6. The molecule has 26 heavy (non-hydrogen) atoms. The van der Waals surface area contributed by atoms with E-state index in [-0.39, 0.29) is 5.91 Å². The van der Waals surface area contributed by atoms with E-state index in [4.69, 9.17) is 4.74 Å². The van der Waals surface area contributed by atoms with Crippen molar-refractivity contribution in [3.8, 4) is 5.75 Å². The number of rotatable bonds is 8. The quantitative estimate of drug-likeness (QED) is 0.382. The highest BCUT2D eigenvalue weighted by atomic mass is 16.5. The normalized spacial score (nSPS) is 10.9. The number of ether oxygens (including phenoxy) is 1. The lowest BCUT2D eigenvalue weighted by molar-refractivity contribution is -0.114. The molecule has 0 unspecified atom stereocenters. The second-order valence-corrected chi connectivity index (χ2v) is 5.55. The molecule has 0 bridgehead atoms. The summed E-state index contributed by atoms with van der Waals surface area (Å²) in [5.41, 5.74) is 1.76. The minimum absolute atomic E-state index is 0.107. The standard InChI is InChI=1S/C19H25N5O2/c1-15(25)24-17-7-5-8-18(14-17)26-13-12-23-19(20-2)22-11-9-16-6-3-4-10-21-16/h3-8,10,14H,9,11-13H2,1-2H3,(H,24,25)(H2,20,22,23). The number of aliphatic imine (C=N–C) groups is 1. The van der Waals surface area contributed by atoms with Crippen LogP contribution in [0.1, 0.15) is 12.6 Å². The number of amides is 1. The Labute approximate surface area is 153 Å². The Morgan fingerprint density at radius 1 is 1.15 bits per heavy atom. The van der Waals surface area contributed by atoms with Crippen LogP contribution >= 0.6 is 0 Å². The third-order valence-electron chi connectivity index (χ3n) is 3.44. The van der Waals surface area contributed by atoms with Gasteiger partial charge in [-0.05, 0) is 24.3 Å². The van der Waals surface area contributed by atoms with Gasteiger partial charge in [0.2, 0.25) is 5.91 Å². The van der Waals surface area contributed by atoms with Crippen LogP contribution in [0, 0.1) is 0 Å². The van der Waals surface area contributed by atoms with Crippen molar-refractivity contribution in [1.82, 2.24) is 15.6 Å². The summed E-state index contributed by atoms with van der Waals surface area (Å²) >= 11 is 0. The summed E-state index contributed by atoms with van der Waals surface area (Å²) in [6.45, 7) is 3.30. The van der Waals surface area contributed by atoms with Gasteiger partial charge >= 0.3 is 0 Å². The van der Waals surface area contributed by atoms with Gasteiger partial charge in [-0.25, -0.2) is 0 Å². The molecule has 0 saturated carbocycles. The number of hydrogen-bond donors (Lipinski definition) is 3. The average molecular weight is 355 g/mol. The van der Waals surface area contributed by atoms with E-state index in [0.717, 1.165) is 30.3 Å². The maximum atomic E-state index is 11.1. The van der Waals surface area contributed by atoms with Gasteiger partial charge in [0.1, 0.15) is 12.4 Å². The highest BCUT2D eigenvalue weighted by Gasteiger charge is 2.01. The molecule has 0 aliphatic heterocycles. The molecule has 0 radical (unpaired) electrons. The molecule has 0 spiro atoms. The van der Waals surface area contributed by atoms with Crippen LogP contribution in [0.2, 0.25) is 0 Å². The van der Waals surface area contributed by atoms with Crippen LogP contribution in [0.5, 0.6) is 5.75 Å². The fourth-order valence-electron chi connectivity index (χ4n) is 2.28. The second-order valence-electron chi connectivity index (χ2n) is 5.55. The highest BCUT2D eigenvalue weighted by Crippen LogP contribution is 2.16. The van der Waals surface area contributed by atoms with Crippen LogP contribution in [-0.4, -0.2) is 43.6 Å². The minimum Gasteiger partial charge on any atom is -0.492 e. The third-order valence-corrected chi connectivity index (χ3v) is 3.44. The van der Waals surface area contributed by atoms with E-state index in [2.05, 4.69) is 25.9 Å². The molecule has 1 amide bonds. The second kappa shape index (κ2) is 10.7. The van der Waals surface area contributed by atoms with Gasteiger partial charge in [0, 0.05) is 50.6 Å². The van der Waals surface area contributed by atoms with Gasteiger partial charge in [0.25, 0.3) is 0 Å². The fraction of sp³-hybridized carbons (Fsp3) is 0.316. The molecule has 1 aromatic heterocycles. The molecule has 3 N–H and O–H groups in total. The number of carbonyl (C=O) groups is 1. The monoisotopic (exact) mass is 355 g/mol. The summed E-state index contributed by atoms with van der Waals surface area (Å²) in [6, 6.07) is 13.2. The van der Waals surface area contributed by atoms with Gasteiger partial charge in [-0.1, -0.05) is 12.1 Å². The first-order valence-corrected chi connectivity index (χ1v) is 8.52. The predicted octanol–water partition coefficient (Wildman–Crippen LogP) is 1.83. The van der Waals surface area contributed by atoms with Crippen LogP contribution in [0.25, 0.3) is 0 Å². The molecule has 0 aliphatic rings. The van der Waals surface area contributed by atoms with Gasteiger partial charge in [0.15, 0.2) is 5.96 Å². The van der Waals surface area contributed by atoms with E-state index in [1.165, 1.54) is 6.92 Å². The summed E-state index contributed by atoms with van der Waals surface area (Å²) in [5, 5.41) is 9.17. The van der Waals surface area contributed by atoms with Crippen molar-refractivity contribution >= 4 is 17.6 Å². The number of benzene rings is 1. The van der Waals surface area contributed by atoms with E-state index >= 15 is 0 Å². The number of hydrogen-bond acceptors (Lipinski definition) is 4. The molecular weight excluding hydrogens is 330 g/mol. The largest absolute Gasteiger partial charge is 0.492 e. The van der Waals surface area contributed by atoms with Gasteiger partial charge < -0.3 is 20.7 Å². The van der Waals surface area contributed by atoms with E-state index in [1.807, 2.05) is 36.4 Å². The predicted molar refractivity (Wildman–Crippen MR) is 104 cm³/mol. The maximum absolute atomic E-state index is 11.1. The molecule has 1 aromatic carbocycles. The van der Waals surface area contributed by atoms with Crippen molar-refractivity contribution in [1.29, 1.82) is 0 Å². The molecule has 7 nitrogen and oxygen atoms in total. The highest BCUT2D eigenvalue weighted by molar-refractivity contribution is 5.88. The van der Waals surface area contributed by atoms with Crippen molar-refractivity contribution in [3.05, 3.63) is 54.4 Å². The van der Waals surface area contributed by atoms with Crippen LogP contribution in [0.15, 0.2) is 53.7 Å². The molecule has 0 aliphatic carbocycles. The van der Waals surface area contributed by atoms with Crippen molar-refractivity contribution in [2.24, 2.45) is 4.99 Å². The number of guanidine groups is 1. The molecule has 0 atom stereocenters. The van der Waals surface area contributed by atoms with Gasteiger partial charge in [-0.15, -0.1) is 0 Å². The zero-order valence-electron chi connectivity index (χ0n) is 15.2. The fourth-order valence-corrected chi connectivity index (χ4v) is 2.28. The Hall–Kier alpha value is -3.09. The molecule has 138 valence electrons. The van der Waals surface area contributed by atoms with Crippen molar-refractivity contribution in [2.45, 2.75) is 13.3 Å². The number of nitrogens with one attached hydrogen (secondary N) is 3. The maximum Gasteiger partial charge on any atom is 0.221 e. The van der Waals surface area contributed by atoms with Gasteiger partial charge in [-0.3, -0.25) is 14.8 Å². The Morgan fingerprint density at radius 2 is 2.00 bits per heavy atom. The first kappa shape index (κ1) is 19.2. The lowest BCUT2D eigenvalue weighted by atomic mass is 10.3. The molecule has 0 saturated heterocycles. The Kier molecular flexibility index (Phi) is 7.92. The summed E-state index contributed by atoms with van der Waals surface area (Å²) in [4.78, 5) is 19.6. The Morgan fingerprint density at radius 3 is 2.73 bits per heavy atom. The van der Waals surface area contributed by atoms with Crippen molar-refractivity contribution < 1.29 is 9.53 Å². The summed E-state index contributed by atoms with van der Waals surface area (Å²) in [6.07, 6.45) is 2.62. The van der Waals surface area contributed by atoms with Gasteiger partial charge in [0.05, 0.1) is 6.54 Å². The van der Waals surface area contributed by atoms with Crippen LogP contribution in [0.4, 0.5) is 5.69 Å². The first-order valence-electron chi connectivity index (χ1n) is 8.52. The molecule has 7 heteroatoms. The van der Waals surface area contributed by atoms with E-state index in [1.54, 1.807) is 19.3 Å². The van der Waals surface area contributed by atoms with Crippen LogP contribution < -0.4 is 20.7 Å². The SMILES string of the molecule is CN=C(NCCOc1cccc(NC(C)=O)c1)NCCc1ccccn1. The number of nitrogens with zero attached hydrogens (tertiary/aromatic N) is 2. The minimum atomic E-state index is -0.107. The summed E-state index contributed by atoms with van der Waals surface area (Å²) in [5.74, 6) is 1.32. The number of aromatic nitrogens is 1. The Balaban J connectivity index is 1.67.